The van der Waals surface area contributed by atoms with E-state index >= 15 is 0 Å². The molecule has 0 saturated carbocycles. The first-order valence-electron chi connectivity index (χ1n) is 8.58. The third-order valence-electron chi connectivity index (χ3n) is 4.70. The number of rotatable bonds is 5. The molecule has 1 atom stereocenters. The lowest BCUT2D eigenvalue weighted by Gasteiger charge is -2.32. The van der Waals surface area contributed by atoms with Crippen LogP contribution in [0.2, 0.25) is 0 Å². The molecule has 1 aromatic rings. The van der Waals surface area contributed by atoms with Crippen molar-refractivity contribution >= 4 is 6.09 Å². The Morgan fingerprint density at radius 1 is 1.22 bits per heavy atom. The lowest BCUT2D eigenvalue weighted by atomic mass is 9.96. The Hall–Kier alpha value is -1.59. The number of carbonyl (C=O) groups excluding carboxylic acids is 1. The van der Waals surface area contributed by atoms with Crippen molar-refractivity contribution in [2.75, 3.05) is 32.8 Å². The fourth-order valence-corrected chi connectivity index (χ4v) is 3.16. The van der Waals surface area contributed by atoms with E-state index in [0.29, 0.717) is 18.6 Å². The number of hydrogen-bond acceptors (Lipinski definition) is 4. The third-order valence-corrected chi connectivity index (χ3v) is 4.70. The predicted molar refractivity (Wildman–Crippen MR) is 88.2 cm³/mol. The molecule has 1 aromatic carbocycles. The van der Waals surface area contributed by atoms with E-state index in [1.54, 1.807) is 0 Å². The second-order valence-corrected chi connectivity index (χ2v) is 6.44. The number of piperidine rings is 1. The van der Waals surface area contributed by atoms with E-state index in [4.69, 9.17) is 9.47 Å². The fourth-order valence-electron chi connectivity index (χ4n) is 3.16. The number of carbonyl (C=O) groups is 1. The Morgan fingerprint density at radius 3 is 2.70 bits per heavy atom. The lowest BCUT2D eigenvalue weighted by Crippen LogP contribution is -2.42. The largest absolute Gasteiger partial charge is 0.445 e. The maximum atomic E-state index is 12.1. The van der Waals surface area contributed by atoms with Gasteiger partial charge in [0.25, 0.3) is 0 Å². The van der Waals surface area contributed by atoms with Crippen LogP contribution in [0, 0.1) is 5.92 Å². The zero-order valence-electron chi connectivity index (χ0n) is 13.6. The van der Waals surface area contributed by atoms with Crippen LogP contribution in [0.4, 0.5) is 4.79 Å². The standard InChI is InChI=1S/C18H26N2O3/c21-18(23-13-16-4-2-1-3-5-16)20-9-6-15(7-10-20)12-19-17-8-11-22-14-17/h1-5,15,17,19H,6-14H2. The molecule has 0 radical (unpaired) electrons. The number of nitrogens with zero attached hydrogens (tertiary/aromatic N) is 1. The van der Waals surface area contributed by atoms with Gasteiger partial charge >= 0.3 is 6.09 Å². The highest BCUT2D eigenvalue weighted by atomic mass is 16.6. The number of hydrogen-bond donors (Lipinski definition) is 1. The van der Waals surface area contributed by atoms with Crippen LogP contribution < -0.4 is 5.32 Å². The first kappa shape index (κ1) is 16.3. The van der Waals surface area contributed by atoms with Gasteiger partial charge < -0.3 is 19.7 Å². The van der Waals surface area contributed by atoms with Crippen LogP contribution in [0.25, 0.3) is 0 Å². The van der Waals surface area contributed by atoms with Gasteiger partial charge in [-0.05, 0) is 37.3 Å². The number of nitrogens with one attached hydrogen (secondary N) is 1. The topological polar surface area (TPSA) is 50.8 Å². The average molecular weight is 318 g/mol. The molecule has 23 heavy (non-hydrogen) atoms. The predicted octanol–water partition coefficient (Wildman–Crippen LogP) is 2.41. The quantitative estimate of drug-likeness (QED) is 0.906. The summed E-state index contributed by atoms with van der Waals surface area (Å²) in [7, 11) is 0. The highest BCUT2D eigenvalue weighted by Crippen LogP contribution is 2.18. The van der Waals surface area contributed by atoms with Crippen LogP contribution in [-0.2, 0) is 16.1 Å². The highest BCUT2D eigenvalue weighted by Gasteiger charge is 2.24. The molecule has 3 rings (SSSR count). The molecule has 0 spiro atoms. The zero-order valence-corrected chi connectivity index (χ0v) is 13.6. The number of amides is 1. The minimum Gasteiger partial charge on any atom is -0.445 e. The summed E-state index contributed by atoms with van der Waals surface area (Å²) in [5.41, 5.74) is 1.03. The molecule has 1 N–H and O–H groups in total. The van der Waals surface area contributed by atoms with Crippen molar-refractivity contribution in [2.45, 2.75) is 31.9 Å². The van der Waals surface area contributed by atoms with Gasteiger partial charge in [0.1, 0.15) is 6.61 Å². The van der Waals surface area contributed by atoms with Gasteiger partial charge in [-0.15, -0.1) is 0 Å². The van der Waals surface area contributed by atoms with Crippen molar-refractivity contribution in [3.05, 3.63) is 35.9 Å². The Labute approximate surface area is 137 Å². The Kier molecular flexibility index (Phi) is 5.88. The molecule has 2 fully saturated rings. The van der Waals surface area contributed by atoms with Crippen molar-refractivity contribution in [3.63, 3.8) is 0 Å². The number of benzene rings is 1. The van der Waals surface area contributed by atoms with E-state index in [9.17, 15) is 4.79 Å². The van der Waals surface area contributed by atoms with Crippen molar-refractivity contribution in [1.82, 2.24) is 10.2 Å². The van der Waals surface area contributed by atoms with E-state index in [0.717, 1.165) is 57.7 Å². The third kappa shape index (κ3) is 4.94. The molecule has 126 valence electrons. The van der Waals surface area contributed by atoms with Crippen LogP contribution in [-0.4, -0.2) is 49.9 Å². The summed E-state index contributed by atoms with van der Waals surface area (Å²) < 4.78 is 10.8. The summed E-state index contributed by atoms with van der Waals surface area (Å²) in [6.45, 7) is 4.68. The first-order chi connectivity index (χ1) is 11.3. The number of ether oxygens (including phenoxy) is 2. The van der Waals surface area contributed by atoms with Crippen LogP contribution >= 0.6 is 0 Å². The van der Waals surface area contributed by atoms with Gasteiger partial charge in [0, 0.05) is 25.7 Å². The molecule has 5 heteroatoms. The second-order valence-electron chi connectivity index (χ2n) is 6.44. The normalized spacial score (nSPS) is 22.3. The van der Waals surface area contributed by atoms with Crippen molar-refractivity contribution < 1.29 is 14.3 Å². The molecule has 0 bridgehead atoms. The van der Waals surface area contributed by atoms with Gasteiger partial charge in [0.05, 0.1) is 6.61 Å². The van der Waals surface area contributed by atoms with E-state index in [1.165, 1.54) is 0 Å². The molecule has 1 amide bonds. The molecule has 2 saturated heterocycles. The first-order valence-corrected chi connectivity index (χ1v) is 8.58. The van der Waals surface area contributed by atoms with Gasteiger partial charge in [-0.1, -0.05) is 30.3 Å². The summed E-state index contributed by atoms with van der Waals surface area (Å²) >= 11 is 0. The minimum absolute atomic E-state index is 0.190. The summed E-state index contributed by atoms with van der Waals surface area (Å²) in [4.78, 5) is 13.9. The van der Waals surface area contributed by atoms with Crippen LogP contribution in [0.1, 0.15) is 24.8 Å². The summed E-state index contributed by atoms with van der Waals surface area (Å²) in [5, 5.41) is 3.58. The molecule has 2 aliphatic heterocycles. The molecular formula is C18H26N2O3. The monoisotopic (exact) mass is 318 g/mol. The van der Waals surface area contributed by atoms with Gasteiger partial charge in [-0.2, -0.15) is 0 Å². The Morgan fingerprint density at radius 2 is 2.00 bits per heavy atom. The van der Waals surface area contributed by atoms with Crippen LogP contribution in [0.3, 0.4) is 0 Å². The van der Waals surface area contributed by atoms with E-state index in [1.807, 2.05) is 35.2 Å². The molecule has 0 aliphatic carbocycles. The molecule has 2 heterocycles. The summed E-state index contributed by atoms with van der Waals surface area (Å²) in [6.07, 6.45) is 3.01. The lowest BCUT2D eigenvalue weighted by molar-refractivity contribution is 0.0818. The van der Waals surface area contributed by atoms with Crippen molar-refractivity contribution in [2.24, 2.45) is 5.92 Å². The second kappa shape index (κ2) is 8.31. The van der Waals surface area contributed by atoms with Crippen molar-refractivity contribution in [1.29, 1.82) is 0 Å². The zero-order chi connectivity index (χ0) is 15.9. The molecule has 2 aliphatic rings. The summed E-state index contributed by atoms with van der Waals surface area (Å²) in [5.74, 6) is 0.647. The molecule has 1 unspecified atom stereocenters. The van der Waals surface area contributed by atoms with Gasteiger partial charge in [-0.3, -0.25) is 0 Å². The molecule has 0 aromatic heterocycles. The smallest absolute Gasteiger partial charge is 0.410 e. The van der Waals surface area contributed by atoms with Crippen molar-refractivity contribution in [3.8, 4) is 0 Å². The number of likely N-dealkylation sites (tertiary alicyclic amines) is 1. The fraction of sp³-hybridized carbons (Fsp3) is 0.611. The van der Waals surface area contributed by atoms with E-state index in [2.05, 4.69) is 5.32 Å². The Balaban J connectivity index is 1.34. The maximum absolute atomic E-state index is 12.1. The Bertz CT molecular complexity index is 480. The average Bonchev–Trinajstić information content (AvgIpc) is 3.13. The molecule has 5 nitrogen and oxygen atoms in total. The minimum atomic E-state index is -0.190. The maximum Gasteiger partial charge on any atom is 0.410 e. The molecular weight excluding hydrogens is 292 g/mol. The van der Waals surface area contributed by atoms with E-state index < -0.39 is 0 Å². The van der Waals surface area contributed by atoms with Gasteiger partial charge in [0.2, 0.25) is 0 Å². The highest BCUT2D eigenvalue weighted by molar-refractivity contribution is 5.67. The van der Waals surface area contributed by atoms with E-state index in [-0.39, 0.29) is 6.09 Å². The SMILES string of the molecule is O=C(OCc1ccccc1)N1CCC(CNC2CCOC2)CC1. The van der Waals surface area contributed by atoms with Gasteiger partial charge in [0.15, 0.2) is 0 Å². The van der Waals surface area contributed by atoms with Crippen LogP contribution in [0.5, 0.6) is 0 Å². The summed E-state index contributed by atoms with van der Waals surface area (Å²) in [6, 6.07) is 10.3. The van der Waals surface area contributed by atoms with Gasteiger partial charge in [-0.25, -0.2) is 4.79 Å². The van der Waals surface area contributed by atoms with Crippen LogP contribution in [0.15, 0.2) is 30.3 Å².